The van der Waals surface area contributed by atoms with E-state index in [9.17, 15) is 4.79 Å². The van der Waals surface area contributed by atoms with Gasteiger partial charge in [-0.2, -0.15) is 0 Å². The van der Waals surface area contributed by atoms with Gasteiger partial charge in [-0.3, -0.25) is 4.79 Å². The monoisotopic (exact) mass is 181 g/mol. The number of hydrogen-bond donors (Lipinski definition) is 2. The lowest BCUT2D eigenvalue weighted by Gasteiger charge is -2.11. The molecule has 0 radical (unpaired) electrons. The van der Waals surface area contributed by atoms with Gasteiger partial charge in [0, 0.05) is 24.8 Å². The number of aliphatic hydroxyl groups is 1. The van der Waals surface area contributed by atoms with Crippen LogP contribution >= 0.6 is 0 Å². The maximum Gasteiger partial charge on any atom is 0.220 e. The van der Waals surface area contributed by atoms with E-state index in [4.69, 9.17) is 11.5 Å². The van der Waals surface area contributed by atoms with Gasteiger partial charge in [0.1, 0.15) is 0 Å². The predicted octanol–water partition coefficient (Wildman–Crippen LogP) is 0.288. The molecule has 1 saturated carbocycles. The number of nitrogens with one attached hydrogen (secondary N) is 1. The van der Waals surface area contributed by atoms with Crippen molar-refractivity contribution >= 4 is 5.91 Å². The first-order valence-corrected chi connectivity index (χ1v) is 4.53. The van der Waals surface area contributed by atoms with Crippen LogP contribution in [-0.2, 0) is 4.79 Å². The highest BCUT2D eigenvalue weighted by molar-refractivity contribution is 5.76. The van der Waals surface area contributed by atoms with E-state index in [1.54, 1.807) is 0 Å². The van der Waals surface area contributed by atoms with Crippen LogP contribution in [0.5, 0.6) is 0 Å². The van der Waals surface area contributed by atoms with E-state index in [1.165, 1.54) is 0 Å². The van der Waals surface area contributed by atoms with Gasteiger partial charge >= 0.3 is 0 Å². The molecule has 0 aromatic heterocycles. The summed E-state index contributed by atoms with van der Waals surface area (Å²) in [5.74, 6) is 2.40. The zero-order valence-electron chi connectivity index (χ0n) is 7.68. The lowest BCUT2D eigenvalue weighted by molar-refractivity contribution is -0.121. The molecule has 0 bridgehead atoms. The summed E-state index contributed by atoms with van der Waals surface area (Å²) in [7, 11) is 0. The Kier molecular flexibility index (Phi) is 3.32. The molecule has 0 aliphatic heterocycles. The molecule has 13 heavy (non-hydrogen) atoms. The Morgan fingerprint density at radius 3 is 2.77 bits per heavy atom. The lowest BCUT2D eigenvalue weighted by Crippen LogP contribution is -2.31. The zero-order valence-corrected chi connectivity index (χ0v) is 7.68. The van der Waals surface area contributed by atoms with Gasteiger partial charge in [0.25, 0.3) is 0 Å². The molecular formula is C10H15NO2. The predicted molar refractivity (Wildman–Crippen MR) is 49.8 cm³/mol. The molecule has 0 atom stereocenters. The third kappa shape index (κ3) is 3.08. The highest BCUT2D eigenvalue weighted by Gasteiger charge is 2.41. The Morgan fingerprint density at radius 1 is 1.62 bits per heavy atom. The van der Waals surface area contributed by atoms with Crippen molar-refractivity contribution in [2.75, 3.05) is 13.2 Å². The number of rotatable bonds is 5. The van der Waals surface area contributed by atoms with Crippen molar-refractivity contribution in [3.63, 3.8) is 0 Å². The quantitative estimate of drug-likeness (QED) is 0.599. The maximum absolute atomic E-state index is 11.1. The molecule has 0 aromatic carbocycles. The molecule has 3 heteroatoms. The van der Waals surface area contributed by atoms with Crippen LogP contribution in [0.25, 0.3) is 0 Å². The number of amides is 1. The summed E-state index contributed by atoms with van der Waals surface area (Å²) in [5.41, 5.74) is -0.00813. The van der Waals surface area contributed by atoms with Crippen molar-refractivity contribution in [3.05, 3.63) is 0 Å². The molecule has 1 rings (SSSR count). The molecule has 0 aromatic rings. The average molecular weight is 181 g/mol. The van der Waals surface area contributed by atoms with Gasteiger partial charge in [-0.15, -0.1) is 12.3 Å². The molecule has 0 spiro atoms. The molecule has 72 valence electrons. The summed E-state index contributed by atoms with van der Waals surface area (Å²) in [6.07, 6.45) is 7.92. The second kappa shape index (κ2) is 4.29. The Morgan fingerprint density at radius 2 is 2.31 bits per heavy atom. The fraction of sp³-hybridized carbons (Fsp3) is 0.700. The number of terminal acetylenes is 1. The molecule has 1 aliphatic rings. The molecule has 1 amide bonds. The summed E-state index contributed by atoms with van der Waals surface area (Å²) in [5, 5.41) is 11.7. The average Bonchev–Trinajstić information content (AvgIpc) is 2.92. The summed E-state index contributed by atoms with van der Waals surface area (Å²) in [4.78, 5) is 11.1. The van der Waals surface area contributed by atoms with E-state index in [-0.39, 0.29) is 17.9 Å². The maximum atomic E-state index is 11.1. The minimum absolute atomic E-state index is 0.00813. The van der Waals surface area contributed by atoms with Gasteiger partial charge in [-0.25, -0.2) is 0 Å². The molecule has 0 unspecified atom stereocenters. The number of hydrogen-bond acceptors (Lipinski definition) is 2. The van der Waals surface area contributed by atoms with Crippen molar-refractivity contribution < 1.29 is 9.90 Å². The fourth-order valence-electron chi connectivity index (χ4n) is 1.13. The second-order valence-corrected chi connectivity index (χ2v) is 3.64. The van der Waals surface area contributed by atoms with E-state index < -0.39 is 0 Å². The van der Waals surface area contributed by atoms with Crippen molar-refractivity contribution in [1.29, 1.82) is 0 Å². The lowest BCUT2D eigenvalue weighted by atomic mass is 10.1. The van der Waals surface area contributed by atoms with Gasteiger partial charge < -0.3 is 10.4 Å². The van der Waals surface area contributed by atoms with Crippen LogP contribution in [0.15, 0.2) is 0 Å². The van der Waals surface area contributed by atoms with Gasteiger partial charge in [0.05, 0.1) is 6.61 Å². The van der Waals surface area contributed by atoms with E-state index in [0.717, 1.165) is 12.8 Å². The Bertz CT molecular complexity index is 226. The van der Waals surface area contributed by atoms with Crippen molar-refractivity contribution in [2.24, 2.45) is 5.41 Å². The Labute approximate surface area is 78.5 Å². The van der Waals surface area contributed by atoms with Gasteiger partial charge in [0.15, 0.2) is 0 Å². The van der Waals surface area contributed by atoms with Crippen LogP contribution in [0, 0.1) is 17.8 Å². The minimum atomic E-state index is -0.0160. The first kappa shape index (κ1) is 10.1. The molecule has 1 fully saturated rings. The molecule has 1 aliphatic carbocycles. The Balaban J connectivity index is 2.12. The molecular weight excluding hydrogens is 166 g/mol. The summed E-state index contributed by atoms with van der Waals surface area (Å²) in [6, 6.07) is 0. The van der Waals surface area contributed by atoms with E-state index >= 15 is 0 Å². The SMILES string of the molecule is C#CCCC(=O)NCC1(CO)CC1. The fourth-order valence-corrected chi connectivity index (χ4v) is 1.13. The number of carbonyl (C=O) groups excluding carboxylic acids is 1. The van der Waals surface area contributed by atoms with Gasteiger partial charge in [0.2, 0.25) is 5.91 Å². The molecule has 0 heterocycles. The smallest absolute Gasteiger partial charge is 0.220 e. The highest BCUT2D eigenvalue weighted by atomic mass is 16.3. The first-order chi connectivity index (χ1) is 6.22. The first-order valence-electron chi connectivity index (χ1n) is 4.53. The summed E-state index contributed by atoms with van der Waals surface area (Å²) < 4.78 is 0. The van der Waals surface area contributed by atoms with Crippen LogP contribution in [0.1, 0.15) is 25.7 Å². The molecule has 3 nitrogen and oxygen atoms in total. The van der Waals surface area contributed by atoms with Crippen molar-refractivity contribution in [1.82, 2.24) is 5.32 Å². The Hall–Kier alpha value is -1.01. The van der Waals surface area contributed by atoms with Crippen molar-refractivity contribution in [2.45, 2.75) is 25.7 Å². The summed E-state index contributed by atoms with van der Waals surface area (Å²) in [6.45, 7) is 0.759. The molecule has 0 saturated heterocycles. The van der Waals surface area contributed by atoms with Crippen LogP contribution < -0.4 is 5.32 Å². The van der Waals surface area contributed by atoms with Gasteiger partial charge in [-0.05, 0) is 12.8 Å². The standard InChI is InChI=1S/C10H15NO2/c1-2-3-4-9(13)11-7-10(8-12)5-6-10/h1,12H,3-8H2,(H,11,13). The van der Waals surface area contributed by atoms with Crippen molar-refractivity contribution in [3.8, 4) is 12.3 Å². The molecule has 2 N–H and O–H groups in total. The van der Waals surface area contributed by atoms with Crippen LogP contribution in [-0.4, -0.2) is 24.2 Å². The van der Waals surface area contributed by atoms with E-state index in [1.807, 2.05) is 0 Å². The second-order valence-electron chi connectivity index (χ2n) is 3.64. The van der Waals surface area contributed by atoms with Crippen LogP contribution in [0.4, 0.5) is 0 Å². The topological polar surface area (TPSA) is 49.3 Å². The number of carbonyl (C=O) groups is 1. The largest absolute Gasteiger partial charge is 0.396 e. The van der Waals surface area contributed by atoms with E-state index in [0.29, 0.717) is 19.4 Å². The van der Waals surface area contributed by atoms with Gasteiger partial charge in [-0.1, -0.05) is 0 Å². The van der Waals surface area contributed by atoms with Crippen LogP contribution in [0.3, 0.4) is 0 Å². The third-order valence-corrected chi connectivity index (χ3v) is 2.45. The normalized spacial score (nSPS) is 17.5. The highest BCUT2D eigenvalue weighted by Crippen LogP contribution is 2.44. The number of aliphatic hydroxyl groups excluding tert-OH is 1. The van der Waals surface area contributed by atoms with E-state index in [2.05, 4.69) is 11.2 Å². The van der Waals surface area contributed by atoms with Crippen LogP contribution in [0.2, 0.25) is 0 Å². The summed E-state index contributed by atoms with van der Waals surface area (Å²) >= 11 is 0. The third-order valence-electron chi connectivity index (χ3n) is 2.45. The minimum Gasteiger partial charge on any atom is -0.396 e. The zero-order chi connectivity index (χ0) is 9.73.